The molecular weight excluding hydrogens is 276 g/mol. The number of rotatable bonds is 3. The molecule has 0 spiro atoms. The minimum absolute atomic E-state index is 0.0140. The van der Waals surface area contributed by atoms with Crippen LogP contribution in [0.5, 0.6) is 0 Å². The maximum absolute atomic E-state index is 12.3. The normalized spacial score (nSPS) is 12.0. The molecule has 0 aliphatic heterocycles. The fourth-order valence-electron chi connectivity index (χ4n) is 1.98. The van der Waals surface area contributed by atoms with Crippen molar-refractivity contribution in [2.24, 2.45) is 0 Å². The van der Waals surface area contributed by atoms with Crippen molar-refractivity contribution < 1.29 is 9.59 Å². The van der Waals surface area contributed by atoms with E-state index in [4.69, 9.17) is 0 Å². The molecule has 0 unspecified atom stereocenters. The van der Waals surface area contributed by atoms with E-state index in [9.17, 15) is 9.59 Å². The van der Waals surface area contributed by atoms with Gasteiger partial charge in [0.2, 0.25) is 5.91 Å². The zero-order valence-electron chi connectivity index (χ0n) is 14.8. The van der Waals surface area contributed by atoms with Gasteiger partial charge in [-0.25, -0.2) is 0 Å². The van der Waals surface area contributed by atoms with Gasteiger partial charge in [0.1, 0.15) is 0 Å². The monoisotopic (exact) mass is 304 g/mol. The Labute approximate surface area is 133 Å². The van der Waals surface area contributed by atoms with Crippen LogP contribution < -0.4 is 10.6 Å². The summed E-state index contributed by atoms with van der Waals surface area (Å²) in [6.45, 7) is 12.7. The molecule has 0 aromatic heterocycles. The lowest BCUT2D eigenvalue weighted by molar-refractivity contribution is -0.119. The Balaban J connectivity index is 3.18. The summed E-state index contributed by atoms with van der Waals surface area (Å²) in [4.78, 5) is 23.6. The number of nitrogens with one attached hydrogen (secondary N) is 2. The summed E-state index contributed by atoms with van der Waals surface area (Å²) >= 11 is 0. The molecule has 0 fully saturated rings. The Morgan fingerprint density at radius 1 is 0.909 bits per heavy atom. The number of carbonyl (C=O) groups excluding carboxylic acids is 2. The van der Waals surface area contributed by atoms with Crippen LogP contribution in [0.2, 0.25) is 0 Å². The van der Waals surface area contributed by atoms with Gasteiger partial charge in [0.25, 0.3) is 5.91 Å². The molecule has 1 aromatic rings. The zero-order chi connectivity index (χ0) is 17.1. The van der Waals surface area contributed by atoms with Crippen molar-refractivity contribution in [1.82, 2.24) is 10.6 Å². The van der Waals surface area contributed by atoms with Crippen LogP contribution in [0, 0.1) is 0 Å². The molecule has 0 heterocycles. The molecule has 1 rings (SSSR count). The van der Waals surface area contributed by atoms with E-state index in [2.05, 4.69) is 58.2 Å². The van der Waals surface area contributed by atoms with E-state index < -0.39 is 0 Å². The molecule has 2 N–H and O–H groups in total. The quantitative estimate of drug-likeness (QED) is 0.902. The first-order chi connectivity index (χ1) is 9.95. The van der Waals surface area contributed by atoms with E-state index in [1.807, 2.05) is 12.1 Å². The van der Waals surface area contributed by atoms with Gasteiger partial charge in [-0.15, -0.1) is 0 Å². The van der Waals surface area contributed by atoms with Crippen molar-refractivity contribution in [3.05, 3.63) is 34.9 Å². The number of amides is 2. The summed E-state index contributed by atoms with van der Waals surface area (Å²) in [6.07, 6.45) is 0. The number of benzene rings is 1. The first-order valence-electron chi connectivity index (χ1n) is 7.60. The van der Waals surface area contributed by atoms with Crippen LogP contribution in [0.3, 0.4) is 0 Å². The second kappa shape index (κ2) is 6.51. The van der Waals surface area contributed by atoms with Crippen LogP contribution in [0.4, 0.5) is 0 Å². The van der Waals surface area contributed by atoms with E-state index in [0.29, 0.717) is 5.56 Å². The van der Waals surface area contributed by atoms with Crippen LogP contribution >= 0.6 is 0 Å². The van der Waals surface area contributed by atoms with Gasteiger partial charge in [0.05, 0.1) is 6.54 Å². The van der Waals surface area contributed by atoms with E-state index in [1.54, 1.807) is 7.05 Å². The van der Waals surface area contributed by atoms with Crippen molar-refractivity contribution in [3.8, 4) is 0 Å². The smallest absolute Gasteiger partial charge is 0.251 e. The minimum Gasteiger partial charge on any atom is -0.358 e. The molecule has 0 aliphatic carbocycles. The van der Waals surface area contributed by atoms with Crippen LogP contribution in [0.15, 0.2) is 18.2 Å². The average molecular weight is 304 g/mol. The molecule has 22 heavy (non-hydrogen) atoms. The standard InChI is InChI=1S/C18H28N2O2/c1-17(2,3)13-8-12(9-14(10-13)18(4,5)6)16(22)20-11-15(21)19-7/h8-10H,11H2,1-7H3,(H,19,21)(H,20,22). The first-order valence-corrected chi connectivity index (χ1v) is 7.60. The molecule has 0 saturated carbocycles. The summed E-state index contributed by atoms with van der Waals surface area (Å²) in [5, 5.41) is 5.15. The molecule has 0 atom stereocenters. The molecule has 0 saturated heterocycles. The fourth-order valence-corrected chi connectivity index (χ4v) is 1.98. The average Bonchev–Trinajstić information content (AvgIpc) is 2.41. The van der Waals surface area contributed by atoms with Crippen molar-refractivity contribution in [3.63, 3.8) is 0 Å². The highest BCUT2D eigenvalue weighted by Gasteiger charge is 2.22. The number of hydrogen-bond acceptors (Lipinski definition) is 2. The third-order valence-corrected chi connectivity index (χ3v) is 3.62. The zero-order valence-corrected chi connectivity index (χ0v) is 14.8. The first kappa shape index (κ1) is 18.2. The van der Waals surface area contributed by atoms with Gasteiger partial charge >= 0.3 is 0 Å². The highest BCUT2D eigenvalue weighted by atomic mass is 16.2. The molecule has 122 valence electrons. The highest BCUT2D eigenvalue weighted by Crippen LogP contribution is 2.30. The van der Waals surface area contributed by atoms with Gasteiger partial charge in [-0.2, -0.15) is 0 Å². The molecule has 0 radical (unpaired) electrons. The Morgan fingerprint density at radius 2 is 1.36 bits per heavy atom. The molecule has 1 aromatic carbocycles. The molecule has 4 nitrogen and oxygen atoms in total. The van der Waals surface area contributed by atoms with Crippen LogP contribution in [0.1, 0.15) is 63.0 Å². The van der Waals surface area contributed by atoms with E-state index in [1.165, 1.54) is 0 Å². The molecular formula is C18H28N2O2. The van der Waals surface area contributed by atoms with E-state index in [-0.39, 0.29) is 29.2 Å². The summed E-state index contributed by atoms with van der Waals surface area (Å²) in [6, 6.07) is 5.98. The Bertz CT molecular complexity index is 531. The summed E-state index contributed by atoms with van der Waals surface area (Å²) in [5.41, 5.74) is 2.74. The topological polar surface area (TPSA) is 58.2 Å². The maximum Gasteiger partial charge on any atom is 0.251 e. The second-order valence-corrected chi connectivity index (χ2v) is 7.65. The summed E-state index contributed by atoms with van der Waals surface area (Å²) in [7, 11) is 1.55. The Kier molecular flexibility index (Phi) is 5.39. The minimum atomic E-state index is -0.222. The third kappa shape index (κ3) is 4.86. The number of hydrogen-bond donors (Lipinski definition) is 2. The van der Waals surface area contributed by atoms with Gasteiger partial charge in [0, 0.05) is 12.6 Å². The lowest BCUT2D eigenvalue weighted by atomic mass is 9.79. The van der Waals surface area contributed by atoms with Crippen LogP contribution in [-0.4, -0.2) is 25.4 Å². The van der Waals surface area contributed by atoms with Gasteiger partial charge in [-0.3, -0.25) is 9.59 Å². The van der Waals surface area contributed by atoms with Gasteiger partial charge in [0.15, 0.2) is 0 Å². The van der Waals surface area contributed by atoms with Crippen LogP contribution in [0.25, 0.3) is 0 Å². The van der Waals surface area contributed by atoms with Crippen LogP contribution in [-0.2, 0) is 15.6 Å². The van der Waals surface area contributed by atoms with E-state index >= 15 is 0 Å². The van der Waals surface area contributed by atoms with Gasteiger partial charge in [-0.05, 0) is 34.1 Å². The number of likely N-dealkylation sites (N-methyl/N-ethyl adjacent to an activating group) is 1. The molecule has 4 heteroatoms. The number of carbonyl (C=O) groups is 2. The summed E-state index contributed by atoms with van der Waals surface area (Å²) in [5.74, 6) is -0.434. The summed E-state index contributed by atoms with van der Waals surface area (Å²) < 4.78 is 0. The van der Waals surface area contributed by atoms with Crippen molar-refractivity contribution in [1.29, 1.82) is 0 Å². The van der Waals surface area contributed by atoms with Crippen molar-refractivity contribution in [2.75, 3.05) is 13.6 Å². The van der Waals surface area contributed by atoms with Crippen molar-refractivity contribution in [2.45, 2.75) is 52.4 Å². The Morgan fingerprint density at radius 3 is 1.73 bits per heavy atom. The fraction of sp³-hybridized carbons (Fsp3) is 0.556. The third-order valence-electron chi connectivity index (χ3n) is 3.62. The predicted molar refractivity (Wildman–Crippen MR) is 90.2 cm³/mol. The van der Waals surface area contributed by atoms with Gasteiger partial charge in [-0.1, -0.05) is 47.6 Å². The SMILES string of the molecule is CNC(=O)CNC(=O)c1cc(C(C)(C)C)cc(C(C)(C)C)c1. The van der Waals surface area contributed by atoms with E-state index in [0.717, 1.165) is 11.1 Å². The van der Waals surface area contributed by atoms with Gasteiger partial charge < -0.3 is 10.6 Å². The Hall–Kier alpha value is -1.84. The molecule has 0 bridgehead atoms. The van der Waals surface area contributed by atoms with Crippen molar-refractivity contribution >= 4 is 11.8 Å². The lowest BCUT2D eigenvalue weighted by Crippen LogP contribution is -2.35. The predicted octanol–water partition coefficient (Wildman–Crippen LogP) is 2.76. The highest BCUT2D eigenvalue weighted by molar-refractivity contribution is 5.96. The largest absolute Gasteiger partial charge is 0.358 e. The maximum atomic E-state index is 12.3. The lowest BCUT2D eigenvalue weighted by Gasteiger charge is -2.26. The molecule has 2 amide bonds. The second-order valence-electron chi connectivity index (χ2n) is 7.65. The molecule has 0 aliphatic rings.